The van der Waals surface area contributed by atoms with Crippen molar-refractivity contribution in [2.45, 2.75) is 70.7 Å². The van der Waals surface area contributed by atoms with Gasteiger partial charge in [-0.15, -0.1) is 0 Å². The Kier molecular flexibility index (Phi) is 3.65. The first kappa shape index (κ1) is 17.1. The molecule has 4 rings (SSSR count). The lowest BCUT2D eigenvalue weighted by Crippen LogP contribution is -2.66. The largest absolute Gasteiger partial charge is 0.472 e. The summed E-state index contributed by atoms with van der Waals surface area (Å²) >= 11 is 0. The molecule has 0 bridgehead atoms. The van der Waals surface area contributed by atoms with Crippen molar-refractivity contribution in [1.82, 2.24) is 0 Å². The number of ether oxygens (including phenoxy) is 1. The molecule has 3 fully saturated rings. The summed E-state index contributed by atoms with van der Waals surface area (Å²) in [5, 5.41) is 21.6. The number of carbonyl (C=O) groups excluding carboxylic acids is 1. The summed E-state index contributed by atoms with van der Waals surface area (Å²) in [6.07, 6.45) is 5.79. The standard InChI is InChI=1S/C20H28O5/c1-18-10-14(12-7-9-24-11-12)25-17(22)13(18)6-8-19(2)15(18)4-5-16(21)20(19,3)23/h7,9,11,13-16,21,23H,4-6,8,10H2,1-3H3/t13-,14-,15-,16-,18-,19+,20+/m0/s1. The van der Waals surface area contributed by atoms with E-state index in [0.29, 0.717) is 12.8 Å². The average Bonchev–Trinajstić information content (AvgIpc) is 3.06. The Labute approximate surface area is 148 Å². The maximum Gasteiger partial charge on any atom is 0.310 e. The van der Waals surface area contributed by atoms with Crippen LogP contribution in [0.2, 0.25) is 0 Å². The number of aliphatic hydroxyl groups is 2. The second kappa shape index (κ2) is 5.34. The number of fused-ring (bicyclic) bond motifs is 3. The van der Waals surface area contributed by atoms with E-state index in [-0.39, 0.29) is 29.3 Å². The molecular weight excluding hydrogens is 320 g/mol. The first-order chi connectivity index (χ1) is 11.7. The van der Waals surface area contributed by atoms with Gasteiger partial charge >= 0.3 is 5.97 Å². The number of furan rings is 1. The molecule has 5 heteroatoms. The van der Waals surface area contributed by atoms with Crippen molar-refractivity contribution in [3.05, 3.63) is 24.2 Å². The van der Waals surface area contributed by atoms with Crippen molar-refractivity contribution in [3.8, 4) is 0 Å². The van der Waals surface area contributed by atoms with E-state index in [4.69, 9.17) is 9.15 Å². The van der Waals surface area contributed by atoms with E-state index < -0.39 is 17.1 Å². The first-order valence-electron chi connectivity index (χ1n) is 9.33. The van der Waals surface area contributed by atoms with Crippen LogP contribution < -0.4 is 0 Å². The molecule has 7 atom stereocenters. The second-order valence-electron chi connectivity index (χ2n) is 8.99. The normalized spacial score (nSPS) is 49.9. The van der Waals surface area contributed by atoms with Gasteiger partial charge in [0, 0.05) is 11.0 Å². The Morgan fingerprint density at radius 2 is 1.96 bits per heavy atom. The van der Waals surface area contributed by atoms with Crippen molar-refractivity contribution in [2.24, 2.45) is 22.7 Å². The van der Waals surface area contributed by atoms with Crippen LogP contribution in [0.25, 0.3) is 0 Å². The molecule has 5 nitrogen and oxygen atoms in total. The molecule has 1 aliphatic heterocycles. The molecule has 1 aromatic heterocycles. The number of rotatable bonds is 1. The minimum atomic E-state index is -1.14. The highest BCUT2D eigenvalue weighted by Gasteiger charge is 2.66. The highest BCUT2D eigenvalue weighted by Crippen LogP contribution is 2.66. The lowest BCUT2D eigenvalue weighted by molar-refractivity contribution is -0.251. The topological polar surface area (TPSA) is 79.9 Å². The molecule has 3 aliphatic rings. The van der Waals surface area contributed by atoms with Gasteiger partial charge in [-0.3, -0.25) is 4.79 Å². The molecule has 138 valence electrons. The van der Waals surface area contributed by atoms with Gasteiger partial charge in [0.25, 0.3) is 0 Å². The van der Waals surface area contributed by atoms with Crippen LogP contribution in [0.5, 0.6) is 0 Å². The predicted molar refractivity (Wildman–Crippen MR) is 90.5 cm³/mol. The molecule has 1 saturated heterocycles. The van der Waals surface area contributed by atoms with Gasteiger partial charge in [-0.25, -0.2) is 0 Å². The summed E-state index contributed by atoms with van der Waals surface area (Å²) in [6.45, 7) is 6.04. The molecule has 1 aromatic rings. The van der Waals surface area contributed by atoms with E-state index in [9.17, 15) is 15.0 Å². The van der Waals surface area contributed by atoms with Crippen molar-refractivity contribution in [3.63, 3.8) is 0 Å². The van der Waals surface area contributed by atoms with Gasteiger partial charge < -0.3 is 19.4 Å². The fourth-order valence-electron chi connectivity index (χ4n) is 6.14. The van der Waals surface area contributed by atoms with E-state index >= 15 is 0 Å². The summed E-state index contributed by atoms with van der Waals surface area (Å²) in [5.74, 6) is -0.105. The number of carbonyl (C=O) groups is 1. The third-order valence-electron chi connectivity index (χ3n) is 7.93. The van der Waals surface area contributed by atoms with Gasteiger partial charge in [-0.2, -0.15) is 0 Å². The van der Waals surface area contributed by atoms with Crippen LogP contribution in [-0.4, -0.2) is 27.9 Å². The highest BCUT2D eigenvalue weighted by molar-refractivity contribution is 5.75. The van der Waals surface area contributed by atoms with Crippen molar-refractivity contribution in [1.29, 1.82) is 0 Å². The minimum Gasteiger partial charge on any atom is -0.472 e. The van der Waals surface area contributed by atoms with Crippen molar-refractivity contribution < 1.29 is 24.2 Å². The van der Waals surface area contributed by atoms with Crippen LogP contribution in [0.1, 0.15) is 64.5 Å². The fraction of sp³-hybridized carbons (Fsp3) is 0.750. The number of esters is 1. The first-order valence-corrected chi connectivity index (χ1v) is 9.33. The average molecular weight is 348 g/mol. The van der Waals surface area contributed by atoms with Gasteiger partial charge in [-0.05, 0) is 56.4 Å². The quantitative estimate of drug-likeness (QED) is 0.762. The van der Waals surface area contributed by atoms with E-state index in [1.54, 1.807) is 19.5 Å². The summed E-state index contributed by atoms with van der Waals surface area (Å²) < 4.78 is 10.9. The number of hydrogen-bond acceptors (Lipinski definition) is 5. The molecule has 2 N–H and O–H groups in total. The summed E-state index contributed by atoms with van der Waals surface area (Å²) in [5.41, 5.74) is -0.915. The molecule has 0 spiro atoms. The Hall–Kier alpha value is -1.33. The SMILES string of the molecule is C[C@]12C[C@@H](c3ccoc3)OC(=O)[C@@H]1CC[C@]1(C)[C@H]2CC[C@H](O)[C@@]1(C)O. The molecule has 0 unspecified atom stereocenters. The Morgan fingerprint density at radius 3 is 2.64 bits per heavy atom. The van der Waals surface area contributed by atoms with Crippen LogP contribution in [0.3, 0.4) is 0 Å². The smallest absolute Gasteiger partial charge is 0.310 e. The van der Waals surface area contributed by atoms with Crippen molar-refractivity contribution >= 4 is 5.97 Å². The molecule has 2 saturated carbocycles. The maximum absolute atomic E-state index is 12.8. The van der Waals surface area contributed by atoms with Gasteiger partial charge in [0.2, 0.25) is 0 Å². The van der Waals surface area contributed by atoms with Crippen LogP contribution >= 0.6 is 0 Å². The number of aliphatic hydroxyl groups excluding tert-OH is 1. The lowest BCUT2D eigenvalue weighted by atomic mass is 9.42. The van der Waals surface area contributed by atoms with Gasteiger partial charge in [-0.1, -0.05) is 13.8 Å². The maximum atomic E-state index is 12.8. The monoisotopic (exact) mass is 348 g/mol. The summed E-state index contributed by atoms with van der Waals surface area (Å²) in [6, 6.07) is 1.85. The number of cyclic esters (lactones) is 1. The fourth-order valence-corrected chi connectivity index (χ4v) is 6.14. The van der Waals surface area contributed by atoms with Crippen LogP contribution in [0.15, 0.2) is 23.0 Å². The van der Waals surface area contributed by atoms with Gasteiger partial charge in [0.15, 0.2) is 0 Å². The van der Waals surface area contributed by atoms with Crippen LogP contribution in [-0.2, 0) is 9.53 Å². The van der Waals surface area contributed by atoms with Gasteiger partial charge in [0.1, 0.15) is 6.10 Å². The molecule has 0 radical (unpaired) electrons. The minimum absolute atomic E-state index is 0.132. The van der Waals surface area contributed by atoms with E-state index in [2.05, 4.69) is 13.8 Å². The Balaban J connectivity index is 1.74. The predicted octanol–water partition coefficient (Wildman–Crippen LogP) is 3.21. The molecule has 2 aliphatic carbocycles. The van der Waals surface area contributed by atoms with Crippen LogP contribution in [0, 0.1) is 22.7 Å². The third kappa shape index (κ3) is 2.18. The zero-order valence-corrected chi connectivity index (χ0v) is 15.2. The Bertz CT molecular complexity index is 666. The molecule has 0 aromatic carbocycles. The zero-order valence-electron chi connectivity index (χ0n) is 15.2. The van der Waals surface area contributed by atoms with Gasteiger partial charge in [0.05, 0.1) is 30.1 Å². The van der Waals surface area contributed by atoms with Crippen molar-refractivity contribution in [2.75, 3.05) is 0 Å². The molecule has 2 heterocycles. The molecule has 0 amide bonds. The lowest BCUT2D eigenvalue weighted by Gasteiger charge is -2.64. The summed E-state index contributed by atoms with van der Waals surface area (Å²) in [4.78, 5) is 12.8. The Morgan fingerprint density at radius 1 is 1.20 bits per heavy atom. The molecule has 25 heavy (non-hydrogen) atoms. The molecular formula is C20H28O5. The van der Waals surface area contributed by atoms with Crippen LogP contribution in [0.4, 0.5) is 0 Å². The summed E-state index contributed by atoms with van der Waals surface area (Å²) in [7, 11) is 0. The number of hydrogen-bond donors (Lipinski definition) is 2. The van der Waals surface area contributed by atoms with E-state index in [1.807, 2.05) is 6.07 Å². The van der Waals surface area contributed by atoms with E-state index in [0.717, 1.165) is 24.8 Å². The third-order valence-corrected chi connectivity index (χ3v) is 7.93. The van der Waals surface area contributed by atoms with E-state index in [1.165, 1.54) is 0 Å². The zero-order chi connectivity index (χ0) is 18.0. The highest BCUT2D eigenvalue weighted by atomic mass is 16.5. The second-order valence-corrected chi connectivity index (χ2v) is 8.99.